The molecule has 0 aliphatic heterocycles. The molecule has 0 saturated carbocycles. The standard InChI is InChI=1S/C15H13ClFN5O2S/c1-22-6-5-11(21-22)19-15-18-7-10(25-15)14(23)20-13-8(16)3-4-9(24-2)12(13)17/h3-7H,1-2H3,(H,20,23)(H,18,19,21). The summed E-state index contributed by atoms with van der Waals surface area (Å²) >= 11 is 7.07. The van der Waals surface area contributed by atoms with Crippen LogP contribution in [0.25, 0.3) is 0 Å². The summed E-state index contributed by atoms with van der Waals surface area (Å²) < 4.78 is 20.8. The lowest BCUT2D eigenvalue weighted by atomic mass is 10.2. The number of amides is 1. The van der Waals surface area contributed by atoms with Crippen LogP contribution in [0.4, 0.5) is 21.0 Å². The van der Waals surface area contributed by atoms with Crippen LogP contribution in [0.15, 0.2) is 30.6 Å². The van der Waals surface area contributed by atoms with E-state index in [2.05, 4.69) is 20.7 Å². The first-order valence-electron chi connectivity index (χ1n) is 7.03. The van der Waals surface area contributed by atoms with Crippen molar-refractivity contribution < 1.29 is 13.9 Å². The molecule has 0 atom stereocenters. The van der Waals surface area contributed by atoms with Gasteiger partial charge in [-0.25, -0.2) is 9.37 Å². The molecule has 1 amide bonds. The van der Waals surface area contributed by atoms with Gasteiger partial charge >= 0.3 is 0 Å². The topological polar surface area (TPSA) is 81.1 Å². The third kappa shape index (κ3) is 3.72. The Morgan fingerprint density at radius 2 is 2.20 bits per heavy atom. The molecule has 0 aliphatic carbocycles. The number of anilines is 3. The summed E-state index contributed by atoms with van der Waals surface area (Å²) in [6, 6.07) is 4.60. The summed E-state index contributed by atoms with van der Waals surface area (Å²) in [4.78, 5) is 16.7. The van der Waals surface area contributed by atoms with Gasteiger partial charge in [0.25, 0.3) is 5.91 Å². The predicted octanol–water partition coefficient (Wildman–Crippen LogP) is 3.67. The number of ether oxygens (including phenoxy) is 1. The Morgan fingerprint density at radius 3 is 2.88 bits per heavy atom. The average Bonchev–Trinajstić information content (AvgIpc) is 3.21. The summed E-state index contributed by atoms with van der Waals surface area (Å²) in [7, 11) is 3.12. The lowest BCUT2D eigenvalue weighted by molar-refractivity contribution is 0.103. The smallest absolute Gasteiger partial charge is 0.267 e. The summed E-state index contributed by atoms with van der Waals surface area (Å²) in [5.41, 5.74) is -0.140. The number of benzene rings is 1. The summed E-state index contributed by atoms with van der Waals surface area (Å²) in [6.07, 6.45) is 3.16. The number of hydrogen-bond donors (Lipinski definition) is 2. The molecular weight excluding hydrogens is 369 g/mol. The van der Waals surface area contributed by atoms with Gasteiger partial charge in [-0.3, -0.25) is 9.48 Å². The largest absolute Gasteiger partial charge is 0.494 e. The molecule has 3 aromatic rings. The second-order valence-corrected chi connectivity index (χ2v) is 6.36. The number of hydrogen-bond acceptors (Lipinski definition) is 6. The van der Waals surface area contributed by atoms with Crippen LogP contribution in [0, 0.1) is 5.82 Å². The molecule has 7 nitrogen and oxygen atoms in total. The van der Waals surface area contributed by atoms with Crippen molar-refractivity contribution in [3.05, 3.63) is 46.3 Å². The Labute approximate surface area is 151 Å². The molecule has 2 N–H and O–H groups in total. The van der Waals surface area contributed by atoms with Crippen LogP contribution >= 0.6 is 22.9 Å². The molecule has 10 heteroatoms. The van der Waals surface area contributed by atoms with Crippen LogP contribution in [0.2, 0.25) is 5.02 Å². The van der Waals surface area contributed by atoms with Gasteiger partial charge in [-0.1, -0.05) is 22.9 Å². The van der Waals surface area contributed by atoms with Gasteiger partial charge in [-0.15, -0.1) is 0 Å². The van der Waals surface area contributed by atoms with Crippen LogP contribution in [0.3, 0.4) is 0 Å². The third-order valence-corrected chi connectivity index (χ3v) is 4.42. The molecule has 0 radical (unpaired) electrons. The third-order valence-electron chi connectivity index (χ3n) is 3.19. The Balaban J connectivity index is 1.76. The number of aryl methyl sites for hydroxylation is 1. The second-order valence-electron chi connectivity index (χ2n) is 4.92. The molecule has 2 aromatic heterocycles. The van der Waals surface area contributed by atoms with Crippen molar-refractivity contribution in [3.63, 3.8) is 0 Å². The number of aromatic nitrogens is 3. The van der Waals surface area contributed by atoms with Crippen molar-refractivity contribution in [2.24, 2.45) is 7.05 Å². The van der Waals surface area contributed by atoms with E-state index >= 15 is 0 Å². The Hall–Kier alpha value is -2.65. The first-order chi connectivity index (χ1) is 12.0. The van der Waals surface area contributed by atoms with E-state index < -0.39 is 11.7 Å². The monoisotopic (exact) mass is 381 g/mol. The zero-order valence-corrected chi connectivity index (χ0v) is 14.8. The van der Waals surface area contributed by atoms with Crippen molar-refractivity contribution in [2.75, 3.05) is 17.7 Å². The van der Waals surface area contributed by atoms with Gasteiger partial charge in [0.05, 0.1) is 18.3 Å². The van der Waals surface area contributed by atoms with Gasteiger partial charge in [-0.05, 0) is 12.1 Å². The summed E-state index contributed by atoms with van der Waals surface area (Å²) in [5, 5.41) is 10.1. The molecule has 0 bridgehead atoms. The molecule has 1 aromatic carbocycles. The molecule has 130 valence electrons. The molecule has 0 saturated heterocycles. The molecule has 2 heterocycles. The Bertz CT molecular complexity index is 927. The minimum Gasteiger partial charge on any atom is -0.494 e. The van der Waals surface area contributed by atoms with E-state index in [4.69, 9.17) is 16.3 Å². The van der Waals surface area contributed by atoms with Gasteiger partial charge in [0.1, 0.15) is 10.6 Å². The second kappa shape index (κ2) is 7.08. The zero-order valence-electron chi connectivity index (χ0n) is 13.2. The number of nitrogens with zero attached hydrogens (tertiary/aromatic N) is 3. The molecule has 0 fully saturated rings. The van der Waals surface area contributed by atoms with Crippen LogP contribution in [-0.4, -0.2) is 27.8 Å². The van der Waals surface area contributed by atoms with Crippen molar-refractivity contribution in [2.45, 2.75) is 0 Å². The first kappa shape index (κ1) is 17.2. The molecule has 0 spiro atoms. The van der Waals surface area contributed by atoms with E-state index in [1.54, 1.807) is 24.0 Å². The van der Waals surface area contributed by atoms with Crippen LogP contribution in [-0.2, 0) is 7.05 Å². The maximum atomic E-state index is 14.2. The van der Waals surface area contributed by atoms with Crippen LogP contribution < -0.4 is 15.4 Å². The van der Waals surface area contributed by atoms with E-state index in [9.17, 15) is 9.18 Å². The molecule has 0 unspecified atom stereocenters. The highest BCUT2D eigenvalue weighted by Crippen LogP contribution is 2.32. The van der Waals surface area contributed by atoms with Crippen molar-refractivity contribution in [1.29, 1.82) is 0 Å². The average molecular weight is 382 g/mol. The minimum atomic E-state index is -0.736. The molecular formula is C15H13ClFN5O2S. The molecule has 25 heavy (non-hydrogen) atoms. The van der Waals surface area contributed by atoms with Crippen LogP contribution in [0.1, 0.15) is 9.67 Å². The number of thiazole rings is 1. The highest BCUT2D eigenvalue weighted by Gasteiger charge is 2.18. The van der Waals surface area contributed by atoms with Gasteiger partial charge in [-0.2, -0.15) is 5.10 Å². The highest BCUT2D eigenvalue weighted by molar-refractivity contribution is 7.17. The Kier molecular flexibility index (Phi) is 4.86. The number of nitrogens with one attached hydrogen (secondary N) is 2. The lowest BCUT2D eigenvalue weighted by Crippen LogP contribution is -2.12. The fourth-order valence-electron chi connectivity index (χ4n) is 2.01. The van der Waals surface area contributed by atoms with E-state index in [1.165, 1.54) is 25.4 Å². The number of carbonyl (C=O) groups excluding carboxylic acids is 1. The summed E-state index contributed by atoms with van der Waals surface area (Å²) in [5.74, 6) is -0.674. The number of halogens is 2. The fraction of sp³-hybridized carbons (Fsp3) is 0.133. The molecule has 3 rings (SSSR count). The van der Waals surface area contributed by atoms with Gasteiger partial charge < -0.3 is 15.4 Å². The van der Waals surface area contributed by atoms with Crippen molar-refractivity contribution in [1.82, 2.24) is 14.8 Å². The SMILES string of the molecule is COc1ccc(Cl)c(NC(=O)c2cnc(Nc3ccn(C)n3)s2)c1F. The van der Waals surface area contributed by atoms with Gasteiger partial charge in [0.2, 0.25) is 0 Å². The van der Waals surface area contributed by atoms with Gasteiger partial charge in [0.15, 0.2) is 22.5 Å². The highest BCUT2D eigenvalue weighted by atomic mass is 35.5. The quantitative estimate of drug-likeness (QED) is 0.704. The minimum absolute atomic E-state index is 0.0125. The summed E-state index contributed by atoms with van der Waals surface area (Å²) in [6.45, 7) is 0. The van der Waals surface area contributed by atoms with Crippen molar-refractivity contribution >= 4 is 45.5 Å². The van der Waals surface area contributed by atoms with E-state index in [0.29, 0.717) is 10.9 Å². The number of carbonyl (C=O) groups is 1. The van der Waals surface area contributed by atoms with Gasteiger partial charge in [0, 0.05) is 19.3 Å². The van der Waals surface area contributed by atoms with E-state index in [1.807, 2.05) is 0 Å². The zero-order chi connectivity index (χ0) is 18.0. The Morgan fingerprint density at radius 1 is 1.40 bits per heavy atom. The fourth-order valence-corrected chi connectivity index (χ4v) is 2.92. The van der Waals surface area contributed by atoms with Crippen LogP contribution in [0.5, 0.6) is 5.75 Å². The first-order valence-corrected chi connectivity index (χ1v) is 8.23. The van der Waals surface area contributed by atoms with E-state index in [0.717, 1.165) is 11.3 Å². The number of rotatable bonds is 5. The maximum Gasteiger partial charge on any atom is 0.267 e. The predicted molar refractivity (Wildman–Crippen MR) is 94.5 cm³/mol. The normalized spacial score (nSPS) is 10.6. The molecule has 0 aliphatic rings. The number of methoxy groups -OCH3 is 1. The van der Waals surface area contributed by atoms with E-state index in [-0.39, 0.29) is 21.3 Å². The van der Waals surface area contributed by atoms with Crippen molar-refractivity contribution in [3.8, 4) is 5.75 Å². The lowest BCUT2D eigenvalue weighted by Gasteiger charge is -2.10. The maximum absolute atomic E-state index is 14.2.